The first-order valence-corrected chi connectivity index (χ1v) is 5.93. The molecule has 2 atom stereocenters. The van der Waals surface area contributed by atoms with Crippen LogP contribution >= 0.6 is 0 Å². The topological polar surface area (TPSA) is 87.9 Å². The van der Waals surface area contributed by atoms with Crippen molar-refractivity contribution < 1.29 is 23.9 Å². The SMILES string of the molecule is CCOC(=O)C[C@H](C[N+](=O)[O-])[C@H]1COC(C)(C)O1. The van der Waals surface area contributed by atoms with E-state index in [2.05, 4.69) is 0 Å². The standard InChI is InChI=1S/C11H19NO6/c1-4-16-10(13)5-8(6-12(14)15)9-7-17-11(2,3)18-9/h8-9H,4-7H2,1-3H3/t8-,9-/m1/s1. The Bertz CT molecular complexity index is 317. The molecule has 1 fully saturated rings. The van der Waals surface area contributed by atoms with Gasteiger partial charge in [-0.25, -0.2) is 0 Å². The van der Waals surface area contributed by atoms with E-state index in [0.717, 1.165) is 0 Å². The highest BCUT2D eigenvalue weighted by atomic mass is 16.7. The maximum absolute atomic E-state index is 11.4. The third kappa shape index (κ3) is 4.58. The summed E-state index contributed by atoms with van der Waals surface area (Å²) in [6.45, 7) is 5.35. The fraction of sp³-hybridized carbons (Fsp3) is 0.909. The Kier molecular flexibility index (Phi) is 5.03. The van der Waals surface area contributed by atoms with Gasteiger partial charge in [0.05, 0.1) is 31.7 Å². The van der Waals surface area contributed by atoms with E-state index in [4.69, 9.17) is 14.2 Å². The van der Waals surface area contributed by atoms with Crippen molar-refractivity contribution in [1.29, 1.82) is 0 Å². The molecule has 0 N–H and O–H groups in total. The van der Waals surface area contributed by atoms with Gasteiger partial charge in [-0.05, 0) is 20.8 Å². The van der Waals surface area contributed by atoms with Crippen LogP contribution in [0.15, 0.2) is 0 Å². The molecule has 1 aliphatic heterocycles. The lowest BCUT2D eigenvalue weighted by Gasteiger charge is -2.21. The van der Waals surface area contributed by atoms with Crippen LogP contribution in [-0.4, -0.2) is 42.5 Å². The molecule has 0 bridgehead atoms. The molecular weight excluding hydrogens is 242 g/mol. The van der Waals surface area contributed by atoms with Crippen molar-refractivity contribution >= 4 is 5.97 Å². The monoisotopic (exact) mass is 261 g/mol. The fourth-order valence-electron chi connectivity index (χ4n) is 1.89. The van der Waals surface area contributed by atoms with Crippen LogP contribution < -0.4 is 0 Å². The second-order valence-electron chi connectivity index (χ2n) is 4.65. The summed E-state index contributed by atoms with van der Waals surface area (Å²) in [5, 5.41) is 10.6. The first-order chi connectivity index (χ1) is 8.34. The summed E-state index contributed by atoms with van der Waals surface area (Å²) < 4.78 is 15.7. The van der Waals surface area contributed by atoms with E-state index in [-0.39, 0.29) is 26.2 Å². The Balaban J connectivity index is 2.61. The van der Waals surface area contributed by atoms with Crippen molar-refractivity contribution in [2.45, 2.75) is 39.1 Å². The van der Waals surface area contributed by atoms with Crippen LogP contribution in [0.1, 0.15) is 27.2 Å². The van der Waals surface area contributed by atoms with Crippen LogP contribution in [0.2, 0.25) is 0 Å². The van der Waals surface area contributed by atoms with Crippen LogP contribution in [0.4, 0.5) is 0 Å². The molecule has 0 aromatic rings. The van der Waals surface area contributed by atoms with E-state index < -0.39 is 28.7 Å². The molecule has 0 saturated carbocycles. The smallest absolute Gasteiger partial charge is 0.306 e. The van der Waals surface area contributed by atoms with Crippen LogP contribution in [0, 0.1) is 16.0 Å². The average molecular weight is 261 g/mol. The molecule has 7 nitrogen and oxygen atoms in total. The number of ether oxygens (including phenoxy) is 3. The van der Waals surface area contributed by atoms with E-state index in [1.807, 2.05) is 0 Å². The van der Waals surface area contributed by atoms with Crippen molar-refractivity contribution in [2.75, 3.05) is 19.8 Å². The molecule has 0 spiro atoms. The molecule has 0 aromatic carbocycles. The second kappa shape index (κ2) is 6.10. The Morgan fingerprint density at radius 3 is 2.72 bits per heavy atom. The zero-order valence-electron chi connectivity index (χ0n) is 10.9. The molecule has 1 rings (SSSR count). The summed E-state index contributed by atoms with van der Waals surface area (Å²) in [7, 11) is 0. The molecule has 1 saturated heterocycles. The van der Waals surface area contributed by atoms with Gasteiger partial charge in [-0.3, -0.25) is 14.9 Å². The van der Waals surface area contributed by atoms with Gasteiger partial charge in [0.15, 0.2) is 5.79 Å². The highest BCUT2D eigenvalue weighted by Crippen LogP contribution is 2.28. The van der Waals surface area contributed by atoms with Gasteiger partial charge in [-0.2, -0.15) is 0 Å². The summed E-state index contributed by atoms with van der Waals surface area (Å²) in [5.41, 5.74) is 0. The lowest BCUT2D eigenvalue weighted by Crippen LogP contribution is -2.33. The van der Waals surface area contributed by atoms with Crippen LogP contribution in [0.25, 0.3) is 0 Å². The third-order valence-electron chi connectivity index (χ3n) is 2.67. The lowest BCUT2D eigenvalue weighted by atomic mass is 9.99. The maximum Gasteiger partial charge on any atom is 0.306 e. The third-order valence-corrected chi connectivity index (χ3v) is 2.67. The first kappa shape index (κ1) is 14.8. The number of nitrogens with zero attached hydrogens (tertiary/aromatic N) is 1. The molecule has 0 unspecified atom stereocenters. The predicted octanol–water partition coefficient (Wildman–Crippen LogP) is 0.984. The van der Waals surface area contributed by atoms with Crippen LogP contribution in [0.5, 0.6) is 0 Å². The molecule has 7 heteroatoms. The minimum Gasteiger partial charge on any atom is -0.466 e. The van der Waals surface area contributed by atoms with E-state index in [1.165, 1.54) is 0 Å². The Morgan fingerprint density at radius 1 is 1.61 bits per heavy atom. The van der Waals surface area contributed by atoms with Gasteiger partial charge in [-0.1, -0.05) is 0 Å². The summed E-state index contributed by atoms with van der Waals surface area (Å²) in [6.07, 6.45) is -0.478. The van der Waals surface area contributed by atoms with Crippen molar-refractivity contribution in [3.8, 4) is 0 Å². The Labute approximate surface area is 106 Å². The normalized spacial score (nSPS) is 23.6. The molecule has 18 heavy (non-hydrogen) atoms. The zero-order valence-corrected chi connectivity index (χ0v) is 10.9. The number of carbonyl (C=O) groups is 1. The predicted molar refractivity (Wildman–Crippen MR) is 61.5 cm³/mol. The van der Waals surface area contributed by atoms with Crippen LogP contribution in [0.3, 0.4) is 0 Å². The molecule has 1 heterocycles. The van der Waals surface area contributed by atoms with Gasteiger partial charge in [0.2, 0.25) is 6.54 Å². The quantitative estimate of drug-likeness (QED) is 0.402. The Morgan fingerprint density at radius 2 is 2.28 bits per heavy atom. The van der Waals surface area contributed by atoms with Gasteiger partial charge < -0.3 is 14.2 Å². The number of esters is 1. The maximum atomic E-state index is 11.4. The highest BCUT2D eigenvalue weighted by molar-refractivity contribution is 5.69. The van der Waals surface area contributed by atoms with Crippen molar-refractivity contribution in [2.24, 2.45) is 5.92 Å². The number of nitro groups is 1. The average Bonchev–Trinajstić information content (AvgIpc) is 2.57. The Hall–Kier alpha value is -1.21. The molecule has 0 aliphatic carbocycles. The number of hydrogen-bond donors (Lipinski definition) is 0. The largest absolute Gasteiger partial charge is 0.466 e. The van der Waals surface area contributed by atoms with Gasteiger partial charge >= 0.3 is 5.97 Å². The van der Waals surface area contributed by atoms with E-state index >= 15 is 0 Å². The minimum absolute atomic E-state index is 0.0288. The summed E-state index contributed by atoms with van der Waals surface area (Å²) in [4.78, 5) is 21.6. The minimum atomic E-state index is -0.756. The van der Waals surface area contributed by atoms with Crippen LogP contribution in [-0.2, 0) is 19.0 Å². The molecule has 0 amide bonds. The first-order valence-electron chi connectivity index (χ1n) is 5.93. The molecule has 104 valence electrons. The second-order valence-corrected chi connectivity index (χ2v) is 4.65. The molecular formula is C11H19NO6. The van der Waals surface area contributed by atoms with E-state index in [9.17, 15) is 14.9 Å². The van der Waals surface area contributed by atoms with Gasteiger partial charge in [0, 0.05) is 4.92 Å². The summed E-state index contributed by atoms with van der Waals surface area (Å²) in [6, 6.07) is 0. The number of hydrogen-bond acceptors (Lipinski definition) is 6. The number of rotatable bonds is 6. The van der Waals surface area contributed by atoms with Gasteiger partial charge in [-0.15, -0.1) is 0 Å². The zero-order chi connectivity index (χ0) is 13.8. The molecule has 0 radical (unpaired) electrons. The van der Waals surface area contributed by atoms with E-state index in [1.54, 1.807) is 20.8 Å². The lowest BCUT2D eigenvalue weighted by molar-refractivity contribution is -0.490. The number of carbonyl (C=O) groups excluding carboxylic acids is 1. The summed E-state index contributed by atoms with van der Waals surface area (Å²) in [5.74, 6) is -1.73. The van der Waals surface area contributed by atoms with Gasteiger partial charge in [0.25, 0.3) is 0 Å². The van der Waals surface area contributed by atoms with Crippen molar-refractivity contribution in [3.05, 3.63) is 10.1 Å². The van der Waals surface area contributed by atoms with E-state index in [0.29, 0.717) is 0 Å². The fourth-order valence-corrected chi connectivity index (χ4v) is 1.89. The van der Waals surface area contributed by atoms with Crippen molar-refractivity contribution in [3.63, 3.8) is 0 Å². The van der Waals surface area contributed by atoms with Gasteiger partial charge in [0.1, 0.15) is 0 Å². The molecule has 0 aromatic heterocycles. The summed E-state index contributed by atoms with van der Waals surface area (Å²) >= 11 is 0. The molecule has 1 aliphatic rings. The highest BCUT2D eigenvalue weighted by Gasteiger charge is 2.40. The van der Waals surface area contributed by atoms with Crippen molar-refractivity contribution in [1.82, 2.24) is 0 Å².